The predicted octanol–water partition coefficient (Wildman–Crippen LogP) is 2.39. The van der Waals surface area contributed by atoms with Crippen LogP contribution in [0.25, 0.3) is 0 Å². The molecule has 0 atom stereocenters. The van der Waals surface area contributed by atoms with Crippen LogP contribution in [0.5, 0.6) is 0 Å². The molecule has 0 heterocycles. The minimum atomic E-state index is 0.790. The standard InChI is InChI=1S/C12H20NO/c1-3-13(4-2)10-11-14-12-8-6-5-7-9-12/h5-6,8-9H,3-4,7,10-11H2,1-2H3. The first kappa shape index (κ1) is 11.3. The van der Waals surface area contributed by atoms with E-state index in [2.05, 4.69) is 31.2 Å². The Kier molecular flexibility index (Phi) is 5.38. The van der Waals surface area contributed by atoms with Crippen LogP contribution in [0, 0.1) is 6.42 Å². The summed E-state index contributed by atoms with van der Waals surface area (Å²) in [6.45, 7) is 8.36. The fraction of sp³-hybridized carbons (Fsp3) is 0.583. The largest absolute Gasteiger partial charge is 0.493 e. The van der Waals surface area contributed by atoms with E-state index < -0.39 is 0 Å². The SMILES string of the molecule is CCN(CC)CCOC1=CC[CH]C=C1. The van der Waals surface area contributed by atoms with E-state index in [9.17, 15) is 0 Å². The summed E-state index contributed by atoms with van der Waals surface area (Å²) in [7, 11) is 0. The highest BCUT2D eigenvalue weighted by Crippen LogP contribution is 2.09. The Bertz CT molecular complexity index is 204. The number of rotatable bonds is 6. The quantitative estimate of drug-likeness (QED) is 0.643. The van der Waals surface area contributed by atoms with Gasteiger partial charge in [0.2, 0.25) is 0 Å². The highest BCUT2D eigenvalue weighted by Gasteiger charge is 2.01. The van der Waals surface area contributed by atoms with E-state index in [0.717, 1.165) is 38.4 Å². The summed E-state index contributed by atoms with van der Waals surface area (Å²) < 4.78 is 5.63. The van der Waals surface area contributed by atoms with Gasteiger partial charge in [-0.15, -0.1) is 0 Å². The third-order valence-electron chi connectivity index (χ3n) is 2.42. The topological polar surface area (TPSA) is 12.5 Å². The molecule has 0 unspecified atom stereocenters. The van der Waals surface area contributed by atoms with Gasteiger partial charge in [-0.1, -0.05) is 19.9 Å². The summed E-state index contributed by atoms with van der Waals surface area (Å²) in [6, 6.07) is 0. The van der Waals surface area contributed by atoms with E-state index in [1.807, 2.05) is 12.2 Å². The third-order valence-corrected chi connectivity index (χ3v) is 2.42. The zero-order valence-corrected chi connectivity index (χ0v) is 9.20. The zero-order chi connectivity index (χ0) is 10.2. The highest BCUT2D eigenvalue weighted by atomic mass is 16.5. The van der Waals surface area contributed by atoms with Gasteiger partial charge in [-0.2, -0.15) is 0 Å². The fourth-order valence-electron chi connectivity index (χ4n) is 1.43. The second-order valence-electron chi connectivity index (χ2n) is 3.31. The molecule has 79 valence electrons. The lowest BCUT2D eigenvalue weighted by Crippen LogP contribution is -2.26. The summed E-state index contributed by atoms with van der Waals surface area (Å²) >= 11 is 0. The van der Waals surface area contributed by atoms with Crippen LogP contribution >= 0.6 is 0 Å². The van der Waals surface area contributed by atoms with Crippen LogP contribution in [0.4, 0.5) is 0 Å². The molecule has 0 aromatic rings. The number of hydrogen-bond acceptors (Lipinski definition) is 2. The fourth-order valence-corrected chi connectivity index (χ4v) is 1.43. The molecule has 2 nitrogen and oxygen atoms in total. The number of hydrogen-bond donors (Lipinski definition) is 0. The van der Waals surface area contributed by atoms with Gasteiger partial charge in [-0.05, 0) is 38.1 Å². The number of nitrogens with zero attached hydrogens (tertiary/aromatic N) is 1. The van der Waals surface area contributed by atoms with Gasteiger partial charge >= 0.3 is 0 Å². The van der Waals surface area contributed by atoms with Crippen LogP contribution in [-0.2, 0) is 4.74 Å². The van der Waals surface area contributed by atoms with Crippen molar-refractivity contribution in [2.24, 2.45) is 0 Å². The van der Waals surface area contributed by atoms with Crippen molar-refractivity contribution < 1.29 is 4.74 Å². The van der Waals surface area contributed by atoms with E-state index in [-0.39, 0.29) is 0 Å². The summed E-state index contributed by atoms with van der Waals surface area (Å²) in [5.74, 6) is 1.01. The van der Waals surface area contributed by atoms with Crippen molar-refractivity contribution in [1.82, 2.24) is 4.90 Å². The van der Waals surface area contributed by atoms with E-state index in [1.54, 1.807) is 0 Å². The van der Waals surface area contributed by atoms with Crippen molar-refractivity contribution >= 4 is 0 Å². The summed E-state index contributed by atoms with van der Waals surface area (Å²) in [5.41, 5.74) is 0. The lowest BCUT2D eigenvalue weighted by molar-refractivity contribution is 0.170. The molecule has 0 aromatic carbocycles. The Balaban J connectivity index is 2.14. The van der Waals surface area contributed by atoms with Crippen LogP contribution in [0.3, 0.4) is 0 Å². The summed E-state index contributed by atoms with van der Waals surface area (Å²) in [6.07, 6.45) is 9.30. The average molecular weight is 194 g/mol. The van der Waals surface area contributed by atoms with Gasteiger partial charge in [0, 0.05) is 6.54 Å². The molecule has 1 rings (SSSR count). The van der Waals surface area contributed by atoms with Crippen LogP contribution in [-0.4, -0.2) is 31.1 Å². The van der Waals surface area contributed by atoms with Gasteiger partial charge in [0.15, 0.2) is 0 Å². The predicted molar refractivity (Wildman–Crippen MR) is 59.9 cm³/mol. The molecule has 2 heteroatoms. The van der Waals surface area contributed by atoms with Crippen LogP contribution < -0.4 is 0 Å². The van der Waals surface area contributed by atoms with Gasteiger partial charge in [-0.3, -0.25) is 0 Å². The van der Waals surface area contributed by atoms with Crippen molar-refractivity contribution in [3.63, 3.8) is 0 Å². The normalized spacial score (nSPS) is 15.8. The van der Waals surface area contributed by atoms with Crippen molar-refractivity contribution in [1.29, 1.82) is 0 Å². The molecule has 0 aromatic heterocycles. The van der Waals surface area contributed by atoms with Gasteiger partial charge in [0.25, 0.3) is 0 Å². The second kappa shape index (κ2) is 6.66. The van der Waals surface area contributed by atoms with E-state index in [1.165, 1.54) is 0 Å². The number of ether oxygens (including phenoxy) is 1. The Morgan fingerprint density at radius 2 is 2.14 bits per heavy atom. The summed E-state index contributed by atoms with van der Waals surface area (Å²) in [4.78, 5) is 2.36. The molecule has 1 aliphatic carbocycles. The molecule has 0 fully saturated rings. The Labute approximate surface area is 87.2 Å². The minimum Gasteiger partial charge on any atom is -0.493 e. The highest BCUT2D eigenvalue weighted by molar-refractivity contribution is 5.21. The van der Waals surface area contributed by atoms with Gasteiger partial charge in [-0.25, -0.2) is 0 Å². The van der Waals surface area contributed by atoms with Gasteiger partial charge < -0.3 is 9.64 Å². The molecule has 0 saturated carbocycles. The molecule has 0 spiro atoms. The molecule has 1 aliphatic rings. The Morgan fingerprint density at radius 1 is 1.36 bits per heavy atom. The van der Waals surface area contributed by atoms with Crippen LogP contribution in [0.1, 0.15) is 20.3 Å². The molecule has 0 bridgehead atoms. The molecular weight excluding hydrogens is 174 g/mol. The first-order valence-electron chi connectivity index (χ1n) is 5.42. The van der Waals surface area contributed by atoms with Crippen molar-refractivity contribution in [2.45, 2.75) is 20.3 Å². The molecule has 14 heavy (non-hydrogen) atoms. The second-order valence-corrected chi connectivity index (χ2v) is 3.31. The van der Waals surface area contributed by atoms with Crippen molar-refractivity contribution in [3.8, 4) is 0 Å². The van der Waals surface area contributed by atoms with E-state index in [0.29, 0.717) is 0 Å². The van der Waals surface area contributed by atoms with E-state index in [4.69, 9.17) is 4.74 Å². The van der Waals surface area contributed by atoms with Crippen molar-refractivity contribution in [3.05, 3.63) is 30.4 Å². The lowest BCUT2D eigenvalue weighted by Gasteiger charge is -2.18. The maximum atomic E-state index is 5.63. The maximum absolute atomic E-state index is 5.63. The maximum Gasteiger partial charge on any atom is 0.115 e. The Hall–Kier alpha value is -0.760. The molecule has 0 amide bonds. The first-order chi connectivity index (χ1) is 6.86. The molecule has 0 aliphatic heterocycles. The first-order valence-corrected chi connectivity index (χ1v) is 5.42. The van der Waals surface area contributed by atoms with E-state index >= 15 is 0 Å². The van der Waals surface area contributed by atoms with Crippen LogP contribution in [0.2, 0.25) is 0 Å². The molecule has 0 N–H and O–H groups in total. The average Bonchev–Trinajstić information content (AvgIpc) is 2.26. The lowest BCUT2D eigenvalue weighted by atomic mass is 10.2. The molecular formula is C12H20NO. The van der Waals surface area contributed by atoms with Gasteiger partial charge in [0.05, 0.1) is 0 Å². The smallest absolute Gasteiger partial charge is 0.115 e. The van der Waals surface area contributed by atoms with Gasteiger partial charge in [0.1, 0.15) is 12.4 Å². The number of allylic oxidation sites excluding steroid dienone is 3. The summed E-state index contributed by atoms with van der Waals surface area (Å²) in [5, 5.41) is 0. The zero-order valence-electron chi connectivity index (χ0n) is 9.20. The third kappa shape index (κ3) is 3.97. The van der Waals surface area contributed by atoms with Crippen molar-refractivity contribution in [2.75, 3.05) is 26.2 Å². The molecule has 1 radical (unpaired) electrons. The Morgan fingerprint density at radius 3 is 2.71 bits per heavy atom. The minimum absolute atomic E-state index is 0.790. The monoisotopic (exact) mass is 194 g/mol. The van der Waals surface area contributed by atoms with Crippen LogP contribution in [0.15, 0.2) is 24.0 Å². The number of likely N-dealkylation sites (N-methyl/N-ethyl adjacent to an activating group) is 1. The molecule has 0 saturated heterocycles.